The Morgan fingerprint density at radius 3 is 1.20 bits per heavy atom. The molecule has 0 saturated heterocycles. The Labute approximate surface area is 364 Å². The lowest BCUT2D eigenvalue weighted by Crippen LogP contribution is -2.31. The Kier molecular flexibility index (Phi) is 23.5. The molecular weight excluding hydrogens is 1010 g/mol. The molecule has 4 aromatic rings. The summed E-state index contributed by atoms with van der Waals surface area (Å²) < 4.78 is 42.9. The normalized spacial score (nSPS) is 10.0. The molecule has 0 radical (unpaired) electrons. The number of halogens is 8. The van der Waals surface area contributed by atoms with Gasteiger partial charge in [-0.1, -0.05) is 67.7 Å². The third-order valence-electron chi connectivity index (χ3n) is 7.80. The van der Waals surface area contributed by atoms with Gasteiger partial charge in [-0.05, 0) is 122 Å². The molecule has 0 spiro atoms. The van der Waals surface area contributed by atoms with Crippen LogP contribution in [0.4, 0.5) is 13.2 Å². The summed E-state index contributed by atoms with van der Waals surface area (Å²) in [4.78, 5) is 50.8. The first kappa shape index (κ1) is 50.8. The molecule has 0 atom stereocenters. The SMILES string of the molecule is CCN(CC)C(=O)c1c(F)cc(Br)cc1Cl.CCN(CC)C(=O)c1c(F)cc(Br)cc1F.CCN(CC)C(=O)c1ccccc1Br.O=C(O)c1ccccc1Br. The zero-order valence-electron chi connectivity index (χ0n) is 31.6. The maximum atomic E-state index is 13.6. The molecular formula is C40H43Br4ClF3N3O5. The van der Waals surface area contributed by atoms with Gasteiger partial charge in [0.05, 0.1) is 21.7 Å². The summed E-state index contributed by atoms with van der Waals surface area (Å²) in [6.07, 6.45) is 0. The first-order valence-electron chi connectivity index (χ1n) is 17.3. The molecule has 4 aromatic carbocycles. The molecule has 56 heavy (non-hydrogen) atoms. The highest BCUT2D eigenvalue weighted by Crippen LogP contribution is 2.26. The first-order chi connectivity index (χ1) is 26.4. The lowest BCUT2D eigenvalue weighted by Gasteiger charge is -2.19. The maximum absolute atomic E-state index is 13.6. The topological polar surface area (TPSA) is 98.2 Å². The Balaban J connectivity index is 0.000000378. The summed E-state index contributed by atoms with van der Waals surface area (Å²) in [5, 5.41) is 8.66. The van der Waals surface area contributed by atoms with Crippen LogP contribution < -0.4 is 0 Å². The molecule has 0 aromatic heterocycles. The lowest BCUT2D eigenvalue weighted by molar-refractivity contribution is 0.0693. The van der Waals surface area contributed by atoms with Crippen LogP contribution in [0.3, 0.4) is 0 Å². The minimum Gasteiger partial charge on any atom is -0.478 e. The summed E-state index contributed by atoms with van der Waals surface area (Å²) in [5.74, 6) is -4.11. The molecule has 0 fully saturated rings. The zero-order valence-corrected chi connectivity index (χ0v) is 38.7. The Morgan fingerprint density at radius 1 is 0.536 bits per heavy atom. The van der Waals surface area contributed by atoms with Crippen LogP contribution in [0.5, 0.6) is 0 Å². The third-order valence-corrected chi connectivity index (χ3v) is 10.4. The summed E-state index contributed by atoms with van der Waals surface area (Å²) in [6, 6.07) is 19.1. The predicted molar refractivity (Wildman–Crippen MR) is 230 cm³/mol. The van der Waals surface area contributed by atoms with Crippen molar-refractivity contribution < 1.29 is 37.5 Å². The van der Waals surface area contributed by atoms with Crippen LogP contribution in [0.25, 0.3) is 0 Å². The van der Waals surface area contributed by atoms with Crippen LogP contribution in [-0.2, 0) is 0 Å². The van der Waals surface area contributed by atoms with Crippen molar-refractivity contribution in [2.75, 3.05) is 39.3 Å². The highest BCUT2D eigenvalue weighted by Gasteiger charge is 2.23. The molecule has 3 amide bonds. The van der Waals surface area contributed by atoms with E-state index in [1.54, 1.807) is 43.0 Å². The van der Waals surface area contributed by atoms with E-state index in [2.05, 4.69) is 63.7 Å². The molecule has 0 saturated carbocycles. The second-order valence-corrected chi connectivity index (χ2v) is 15.1. The van der Waals surface area contributed by atoms with E-state index < -0.39 is 34.9 Å². The molecule has 4 rings (SSSR count). The van der Waals surface area contributed by atoms with Crippen molar-refractivity contribution in [1.82, 2.24) is 14.7 Å². The Hall–Kier alpha value is -3.24. The standard InChI is InChI=1S/C11H12BrClFNO.C11H12BrF2NO.C11H14BrNO.C7H5BrO2/c2*1-3-15(4-2)11(16)10-8(13)5-7(12)6-9(10)14;1-3-13(4-2)11(14)9-7-5-6-8-10(9)12;8-6-4-2-1-3-5(6)7(9)10/h2*5-6H,3-4H2,1-2H3;5-8H,3-4H2,1-2H3;1-4H,(H,9,10). The highest BCUT2D eigenvalue weighted by atomic mass is 79.9. The number of rotatable bonds is 10. The van der Waals surface area contributed by atoms with Crippen molar-refractivity contribution in [3.8, 4) is 0 Å². The quantitative estimate of drug-likeness (QED) is 0.171. The number of hydrogen-bond acceptors (Lipinski definition) is 4. The minimum absolute atomic E-state index is 0.0615. The largest absolute Gasteiger partial charge is 0.478 e. The van der Waals surface area contributed by atoms with Gasteiger partial charge in [0.15, 0.2) is 0 Å². The van der Waals surface area contributed by atoms with Gasteiger partial charge in [-0.2, -0.15) is 0 Å². The van der Waals surface area contributed by atoms with Gasteiger partial charge in [0.2, 0.25) is 0 Å². The second-order valence-electron chi connectivity index (χ2n) is 11.2. The number of amides is 3. The van der Waals surface area contributed by atoms with Crippen molar-refractivity contribution in [1.29, 1.82) is 0 Å². The summed E-state index contributed by atoms with van der Waals surface area (Å²) in [7, 11) is 0. The van der Waals surface area contributed by atoms with Crippen molar-refractivity contribution >= 4 is 99.0 Å². The Bertz CT molecular complexity index is 1820. The number of carboxylic acids is 1. The number of benzene rings is 4. The van der Waals surface area contributed by atoms with E-state index in [-0.39, 0.29) is 26.9 Å². The number of nitrogens with zero attached hydrogens (tertiary/aromatic N) is 3. The minimum atomic E-state index is -0.910. The number of aromatic carboxylic acids is 1. The molecule has 0 aliphatic carbocycles. The van der Waals surface area contributed by atoms with E-state index in [9.17, 15) is 32.3 Å². The average Bonchev–Trinajstić information content (AvgIpc) is 3.13. The molecule has 0 aliphatic heterocycles. The van der Waals surface area contributed by atoms with Gasteiger partial charge in [0.1, 0.15) is 23.0 Å². The highest BCUT2D eigenvalue weighted by molar-refractivity contribution is 9.11. The smallest absolute Gasteiger partial charge is 0.336 e. The second kappa shape index (κ2) is 25.9. The first-order valence-corrected chi connectivity index (χ1v) is 20.9. The molecule has 0 heterocycles. The molecule has 304 valence electrons. The monoisotopic (exact) mass is 1050 g/mol. The van der Waals surface area contributed by atoms with Gasteiger partial charge < -0.3 is 19.8 Å². The van der Waals surface area contributed by atoms with Crippen molar-refractivity contribution in [2.24, 2.45) is 0 Å². The molecule has 0 unspecified atom stereocenters. The van der Waals surface area contributed by atoms with Gasteiger partial charge in [0.25, 0.3) is 17.7 Å². The van der Waals surface area contributed by atoms with Gasteiger partial charge in [-0.15, -0.1) is 0 Å². The molecule has 16 heteroatoms. The number of hydrogen-bond donors (Lipinski definition) is 1. The van der Waals surface area contributed by atoms with E-state index in [0.29, 0.717) is 40.7 Å². The fraction of sp³-hybridized carbons (Fsp3) is 0.300. The van der Waals surface area contributed by atoms with Crippen LogP contribution in [0, 0.1) is 17.5 Å². The van der Waals surface area contributed by atoms with E-state index >= 15 is 0 Å². The fourth-order valence-electron chi connectivity index (χ4n) is 4.78. The fourth-order valence-corrected chi connectivity index (χ4v) is 6.94. The van der Waals surface area contributed by atoms with E-state index in [1.165, 1.54) is 21.9 Å². The van der Waals surface area contributed by atoms with Gasteiger partial charge in [0, 0.05) is 57.2 Å². The van der Waals surface area contributed by atoms with Crippen LogP contribution >= 0.6 is 75.3 Å². The number of carboxylic acid groups (broad SMARTS) is 1. The molecule has 0 aliphatic rings. The van der Waals surface area contributed by atoms with Crippen LogP contribution in [0.1, 0.15) is 83.0 Å². The Morgan fingerprint density at radius 2 is 0.857 bits per heavy atom. The van der Waals surface area contributed by atoms with Crippen LogP contribution in [0.2, 0.25) is 5.02 Å². The van der Waals surface area contributed by atoms with Gasteiger partial charge in [-0.25, -0.2) is 18.0 Å². The van der Waals surface area contributed by atoms with Gasteiger partial charge in [-0.3, -0.25) is 14.4 Å². The number of carbonyl (C=O) groups is 4. The average molecular weight is 1060 g/mol. The predicted octanol–water partition coefficient (Wildman–Crippen LogP) is 12.0. The lowest BCUT2D eigenvalue weighted by atomic mass is 10.1. The molecule has 8 nitrogen and oxygen atoms in total. The van der Waals surface area contributed by atoms with Crippen molar-refractivity contribution in [3.63, 3.8) is 0 Å². The summed E-state index contributed by atoms with van der Waals surface area (Å²) >= 11 is 18.4. The van der Waals surface area contributed by atoms with E-state index in [1.807, 2.05) is 52.0 Å². The summed E-state index contributed by atoms with van der Waals surface area (Å²) in [5.41, 5.74) is 0.471. The third kappa shape index (κ3) is 15.3. The van der Waals surface area contributed by atoms with E-state index in [4.69, 9.17) is 16.7 Å². The van der Waals surface area contributed by atoms with Crippen LogP contribution in [-0.4, -0.2) is 82.8 Å². The van der Waals surface area contributed by atoms with Crippen LogP contribution in [0.15, 0.2) is 90.7 Å². The number of carbonyl (C=O) groups excluding carboxylic acids is 3. The molecule has 0 bridgehead atoms. The zero-order chi connectivity index (χ0) is 42.7. The maximum Gasteiger partial charge on any atom is 0.336 e. The van der Waals surface area contributed by atoms with Crippen molar-refractivity contribution in [2.45, 2.75) is 41.5 Å². The molecule has 1 N–H and O–H groups in total. The van der Waals surface area contributed by atoms with Gasteiger partial charge >= 0.3 is 5.97 Å². The summed E-state index contributed by atoms with van der Waals surface area (Å²) in [6.45, 7) is 14.6. The van der Waals surface area contributed by atoms with Crippen molar-refractivity contribution in [3.05, 3.63) is 135 Å². The van der Waals surface area contributed by atoms with E-state index in [0.717, 1.165) is 35.3 Å².